The minimum Gasteiger partial charge on any atom is -0.512 e. The highest BCUT2D eigenvalue weighted by molar-refractivity contribution is 4.67. The molecule has 0 fully saturated rings. The zero-order chi connectivity index (χ0) is 6.95. The van der Waals surface area contributed by atoms with Crippen molar-refractivity contribution < 1.29 is 14.6 Å². The van der Waals surface area contributed by atoms with Gasteiger partial charge < -0.3 is 14.6 Å². The fourth-order valence-electron chi connectivity index (χ4n) is 0.248. The third-order valence-electron chi connectivity index (χ3n) is 0.536. The fourth-order valence-corrected chi connectivity index (χ4v) is 0.248. The maximum Gasteiger partial charge on any atom is 0.125 e. The van der Waals surface area contributed by atoms with Crippen LogP contribution in [0.25, 0.3) is 0 Å². The quantitative estimate of drug-likeness (QED) is 0.586. The standard InChI is InChI=1S/C6H10O3/c1-2-8-5-6-9-4-3-7/h3-7H,2H2,1H3. The normalized spacial score (nSPS) is 10.8. The molecule has 0 aliphatic rings. The third-order valence-corrected chi connectivity index (χ3v) is 0.536. The monoisotopic (exact) mass is 130 g/mol. The Morgan fingerprint density at radius 1 is 1.33 bits per heavy atom. The van der Waals surface area contributed by atoms with Crippen molar-refractivity contribution in [2.45, 2.75) is 6.92 Å². The van der Waals surface area contributed by atoms with Crippen molar-refractivity contribution in [1.82, 2.24) is 0 Å². The summed E-state index contributed by atoms with van der Waals surface area (Å²) in [5.41, 5.74) is 0. The first-order chi connectivity index (χ1) is 4.41. The smallest absolute Gasteiger partial charge is 0.125 e. The van der Waals surface area contributed by atoms with E-state index in [9.17, 15) is 0 Å². The summed E-state index contributed by atoms with van der Waals surface area (Å²) < 4.78 is 9.31. The second-order valence-corrected chi connectivity index (χ2v) is 1.15. The highest BCUT2D eigenvalue weighted by Crippen LogP contribution is 1.80. The molecule has 0 aromatic carbocycles. The lowest BCUT2D eigenvalue weighted by Crippen LogP contribution is -1.76. The van der Waals surface area contributed by atoms with Gasteiger partial charge in [0.1, 0.15) is 25.0 Å². The summed E-state index contributed by atoms with van der Waals surface area (Å²) in [7, 11) is 0. The van der Waals surface area contributed by atoms with Gasteiger partial charge in [0.25, 0.3) is 0 Å². The van der Waals surface area contributed by atoms with Gasteiger partial charge in [-0.05, 0) is 6.92 Å². The van der Waals surface area contributed by atoms with Crippen molar-refractivity contribution >= 4 is 0 Å². The molecule has 3 heteroatoms. The third kappa shape index (κ3) is 6.88. The molecule has 0 radical (unpaired) electrons. The summed E-state index contributed by atoms with van der Waals surface area (Å²) in [4.78, 5) is 0. The Labute approximate surface area is 54.2 Å². The van der Waals surface area contributed by atoms with Gasteiger partial charge in [0.2, 0.25) is 0 Å². The van der Waals surface area contributed by atoms with E-state index in [0.29, 0.717) is 6.61 Å². The van der Waals surface area contributed by atoms with Gasteiger partial charge in [-0.2, -0.15) is 0 Å². The van der Waals surface area contributed by atoms with Crippen LogP contribution in [0.15, 0.2) is 25.0 Å². The van der Waals surface area contributed by atoms with Crippen molar-refractivity contribution in [2.24, 2.45) is 0 Å². The van der Waals surface area contributed by atoms with E-state index in [1.807, 2.05) is 6.92 Å². The molecule has 52 valence electrons. The van der Waals surface area contributed by atoms with Gasteiger partial charge in [0.15, 0.2) is 0 Å². The van der Waals surface area contributed by atoms with Gasteiger partial charge in [-0.1, -0.05) is 0 Å². The van der Waals surface area contributed by atoms with Gasteiger partial charge in [0, 0.05) is 0 Å². The molecule has 0 aromatic heterocycles. The molecular formula is C6H10O3. The van der Waals surface area contributed by atoms with Crippen LogP contribution in [0.1, 0.15) is 6.92 Å². The first kappa shape index (κ1) is 7.88. The zero-order valence-electron chi connectivity index (χ0n) is 5.28. The van der Waals surface area contributed by atoms with Crippen LogP contribution >= 0.6 is 0 Å². The summed E-state index contributed by atoms with van der Waals surface area (Å²) in [5.74, 6) is 0. The van der Waals surface area contributed by atoms with Crippen LogP contribution in [0, 0.1) is 0 Å². The average molecular weight is 130 g/mol. The van der Waals surface area contributed by atoms with Crippen molar-refractivity contribution in [3.63, 3.8) is 0 Å². The van der Waals surface area contributed by atoms with Gasteiger partial charge in [0.05, 0.1) is 6.61 Å². The molecule has 3 nitrogen and oxygen atoms in total. The van der Waals surface area contributed by atoms with Crippen molar-refractivity contribution in [1.29, 1.82) is 0 Å². The summed E-state index contributed by atoms with van der Waals surface area (Å²) in [6, 6.07) is 0. The minimum atomic E-state index is 0.614. The van der Waals surface area contributed by atoms with E-state index in [-0.39, 0.29) is 0 Å². The Balaban J connectivity index is 3.04. The van der Waals surface area contributed by atoms with Crippen LogP contribution in [-0.2, 0) is 9.47 Å². The largest absolute Gasteiger partial charge is 0.512 e. The van der Waals surface area contributed by atoms with Crippen LogP contribution in [0.4, 0.5) is 0 Å². The number of rotatable bonds is 4. The number of hydrogen-bond donors (Lipinski definition) is 1. The molecule has 0 atom stereocenters. The molecule has 0 saturated heterocycles. The zero-order valence-corrected chi connectivity index (χ0v) is 5.28. The molecule has 0 amide bonds. The van der Waals surface area contributed by atoms with Gasteiger partial charge in [-0.25, -0.2) is 0 Å². The van der Waals surface area contributed by atoms with Crippen LogP contribution in [0.2, 0.25) is 0 Å². The van der Waals surface area contributed by atoms with Gasteiger partial charge in [-0.3, -0.25) is 0 Å². The highest BCUT2D eigenvalue weighted by atomic mass is 16.5. The predicted molar refractivity (Wildman–Crippen MR) is 33.6 cm³/mol. The van der Waals surface area contributed by atoms with E-state index in [1.54, 1.807) is 0 Å². The maximum atomic E-state index is 8.04. The molecule has 9 heavy (non-hydrogen) atoms. The Morgan fingerprint density at radius 2 is 2.11 bits per heavy atom. The van der Waals surface area contributed by atoms with Crippen LogP contribution in [0.3, 0.4) is 0 Å². The SMILES string of the molecule is CCOC=COC=CO. The summed E-state index contributed by atoms with van der Waals surface area (Å²) in [5, 5.41) is 8.04. The Morgan fingerprint density at radius 3 is 2.67 bits per heavy atom. The van der Waals surface area contributed by atoms with Crippen LogP contribution < -0.4 is 0 Å². The maximum absolute atomic E-state index is 8.04. The molecule has 1 N–H and O–H groups in total. The lowest BCUT2D eigenvalue weighted by molar-refractivity contribution is 0.250. The van der Waals surface area contributed by atoms with Gasteiger partial charge in [-0.15, -0.1) is 0 Å². The lowest BCUT2D eigenvalue weighted by atomic mass is 10.9. The summed E-state index contributed by atoms with van der Waals surface area (Å²) in [6.07, 6.45) is 4.67. The molecule has 0 heterocycles. The van der Waals surface area contributed by atoms with Gasteiger partial charge >= 0.3 is 0 Å². The Bertz CT molecular complexity index is 96.5. The minimum absolute atomic E-state index is 0.614. The molecular weight excluding hydrogens is 120 g/mol. The Hall–Kier alpha value is -1.12. The molecule has 0 unspecified atom stereocenters. The molecule has 0 bridgehead atoms. The lowest BCUT2D eigenvalue weighted by Gasteiger charge is -1.90. The summed E-state index contributed by atoms with van der Waals surface area (Å²) in [6.45, 7) is 2.48. The van der Waals surface area contributed by atoms with Crippen molar-refractivity contribution in [3.05, 3.63) is 25.0 Å². The molecule has 0 aliphatic heterocycles. The molecule has 0 aliphatic carbocycles. The van der Waals surface area contributed by atoms with Crippen molar-refractivity contribution in [2.75, 3.05) is 6.61 Å². The topological polar surface area (TPSA) is 38.7 Å². The Kier molecular flexibility index (Phi) is 6.02. The molecule has 0 aromatic rings. The first-order valence-corrected chi connectivity index (χ1v) is 2.63. The van der Waals surface area contributed by atoms with Crippen molar-refractivity contribution in [3.8, 4) is 0 Å². The fraction of sp³-hybridized carbons (Fsp3) is 0.333. The predicted octanol–water partition coefficient (Wildman–Crippen LogP) is 1.54. The molecule has 0 spiro atoms. The van der Waals surface area contributed by atoms with E-state index in [0.717, 1.165) is 12.5 Å². The number of aliphatic hydroxyl groups is 1. The van der Waals surface area contributed by atoms with E-state index in [2.05, 4.69) is 4.74 Å². The summed E-state index contributed by atoms with van der Waals surface area (Å²) >= 11 is 0. The number of ether oxygens (including phenoxy) is 2. The average Bonchev–Trinajstić information content (AvgIpc) is 1.89. The molecule has 0 saturated carbocycles. The molecule has 0 rings (SSSR count). The van der Waals surface area contributed by atoms with E-state index < -0.39 is 0 Å². The van der Waals surface area contributed by atoms with Crippen LogP contribution in [0.5, 0.6) is 0 Å². The van der Waals surface area contributed by atoms with E-state index in [1.165, 1.54) is 12.5 Å². The number of hydrogen-bond acceptors (Lipinski definition) is 3. The van der Waals surface area contributed by atoms with E-state index >= 15 is 0 Å². The second kappa shape index (κ2) is 6.88. The number of aliphatic hydroxyl groups excluding tert-OH is 1. The first-order valence-electron chi connectivity index (χ1n) is 2.63. The van der Waals surface area contributed by atoms with E-state index in [4.69, 9.17) is 9.84 Å². The second-order valence-electron chi connectivity index (χ2n) is 1.15. The van der Waals surface area contributed by atoms with Crippen LogP contribution in [-0.4, -0.2) is 11.7 Å². The highest BCUT2D eigenvalue weighted by Gasteiger charge is 1.67.